The van der Waals surface area contributed by atoms with Crippen molar-refractivity contribution in [3.8, 4) is 11.3 Å². The highest BCUT2D eigenvalue weighted by molar-refractivity contribution is 6.03. The molecule has 1 aliphatic rings. The fraction of sp³-hybridized carbons (Fsp3) is 0.292. The number of primary amides is 1. The van der Waals surface area contributed by atoms with Crippen molar-refractivity contribution >= 4 is 17.6 Å². The Hall–Kier alpha value is -3.86. The molecule has 0 saturated carbocycles. The van der Waals surface area contributed by atoms with Crippen molar-refractivity contribution in [3.63, 3.8) is 0 Å². The van der Waals surface area contributed by atoms with Crippen LogP contribution in [0.15, 0.2) is 30.3 Å². The molecule has 3 aromatic rings. The predicted octanol–water partition coefficient (Wildman–Crippen LogP) is 3.24. The van der Waals surface area contributed by atoms with E-state index in [1.54, 1.807) is 6.92 Å². The van der Waals surface area contributed by atoms with Gasteiger partial charge in [-0.15, -0.1) is 0 Å². The molecule has 4 rings (SSSR count). The summed E-state index contributed by atoms with van der Waals surface area (Å²) in [6, 6.07) is 5.54. The van der Waals surface area contributed by atoms with Crippen LogP contribution in [0.3, 0.4) is 0 Å². The zero-order valence-corrected chi connectivity index (χ0v) is 18.9. The van der Waals surface area contributed by atoms with Gasteiger partial charge in [0.05, 0.1) is 6.04 Å². The number of nitrogens with zero attached hydrogens (tertiary/aromatic N) is 2. The fourth-order valence-electron chi connectivity index (χ4n) is 4.11. The lowest BCUT2D eigenvalue weighted by Gasteiger charge is -2.23. The van der Waals surface area contributed by atoms with Crippen LogP contribution in [0.2, 0.25) is 0 Å². The third kappa shape index (κ3) is 4.85. The Morgan fingerprint density at radius 3 is 2.43 bits per heavy atom. The molecule has 0 radical (unpaired) electrons. The van der Waals surface area contributed by atoms with Gasteiger partial charge in [0, 0.05) is 36.4 Å². The van der Waals surface area contributed by atoms with E-state index >= 15 is 0 Å². The van der Waals surface area contributed by atoms with Gasteiger partial charge in [-0.25, -0.2) is 17.9 Å². The third-order valence-corrected chi connectivity index (χ3v) is 6.02. The standard InChI is InChI=1S/C24H24F3N5O3/c1-12-2-3-14(25)10-16(12)24(34)30-11-17-18(26)8-13(9-19(17)27)21-20(23(29)33)22(28)32(31-21)15-4-6-35-7-5-15/h2-3,8-10,15H,4-7,11,28H2,1H3,(H2,29,33)(H,30,34). The first-order valence-electron chi connectivity index (χ1n) is 11.0. The second kappa shape index (κ2) is 9.79. The first-order chi connectivity index (χ1) is 16.7. The van der Waals surface area contributed by atoms with Crippen molar-refractivity contribution < 1.29 is 27.5 Å². The number of benzene rings is 2. The molecule has 0 aliphatic carbocycles. The Morgan fingerprint density at radius 1 is 1.14 bits per heavy atom. The number of aryl methyl sites for hydroxylation is 1. The van der Waals surface area contributed by atoms with Gasteiger partial charge in [-0.05, 0) is 49.6 Å². The van der Waals surface area contributed by atoms with Gasteiger partial charge in [-0.2, -0.15) is 5.10 Å². The fourth-order valence-corrected chi connectivity index (χ4v) is 4.11. The molecule has 2 heterocycles. The van der Waals surface area contributed by atoms with E-state index in [1.165, 1.54) is 16.8 Å². The highest BCUT2D eigenvalue weighted by Crippen LogP contribution is 2.33. The number of nitrogens with two attached hydrogens (primary N) is 2. The molecule has 0 unspecified atom stereocenters. The first kappa shape index (κ1) is 24.3. The molecule has 1 aliphatic heterocycles. The maximum absolute atomic E-state index is 14.9. The van der Waals surface area contributed by atoms with Gasteiger partial charge < -0.3 is 21.5 Å². The largest absolute Gasteiger partial charge is 0.383 e. The maximum atomic E-state index is 14.9. The molecule has 1 aromatic heterocycles. The van der Waals surface area contributed by atoms with Gasteiger partial charge in [0.1, 0.15) is 34.5 Å². The Bertz CT molecular complexity index is 1280. The SMILES string of the molecule is Cc1ccc(F)cc1C(=O)NCc1c(F)cc(-c2nn(C3CCOCC3)c(N)c2C(N)=O)cc1F. The summed E-state index contributed by atoms with van der Waals surface area (Å²) in [6.45, 7) is 2.12. The Balaban J connectivity index is 1.63. The van der Waals surface area contributed by atoms with Gasteiger partial charge >= 0.3 is 0 Å². The second-order valence-electron chi connectivity index (χ2n) is 8.32. The van der Waals surface area contributed by atoms with Crippen LogP contribution in [-0.4, -0.2) is 34.8 Å². The molecule has 1 saturated heterocycles. The van der Waals surface area contributed by atoms with E-state index in [2.05, 4.69) is 10.4 Å². The zero-order valence-electron chi connectivity index (χ0n) is 18.9. The minimum Gasteiger partial charge on any atom is -0.383 e. The third-order valence-electron chi connectivity index (χ3n) is 6.02. The molecule has 2 amide bonds. The first-order valence-corrected chi connectivity index (χ1v) is 11.0. The lowest BCUT2D eigenvalue weighted by atomic mass is 10.0. The second-order valence-corrected chi connectivity index (χ2v) is 8.32. The van der Waals surface area contributed by atoms with Crippen molar-refractivity contribution in [1.82, 2.24) is 15.1 Å². The van der Waals surface area contributed by atoms with Crippen LogP contribution in [0.4, 0.5) is 19.0 Å². The lowest BCUT2D eigenvalue weighted by Crippen LogP contribution is -2.25. The molecular formula is C24H24F3N5O3. The normalized spacial score (nSPS) is 14.2. The highest BCUT2D eigenvalue weighted by atomic mass is 19.1. The van der Waals surface area contributed by atoms with Crippen LogP contribution in [0.5, 0.6) is 0 Å². The van der Waals surface area contributed by atoms with E-state index in [0.29, 0.717) is 31.6 Å². The van der Waals surface area contributed by atoms with Gasteiger partial charge in [-0.3, -0.25) is 9.59 Å². The molecule has 0 bridgehead atoms. The van der Waals surface area contributed by atoms with E-state index < -0.39 is 41.4 Å². The average Bonchev–Trinajstić information content (AvgIpc) is 3.17. The van der Waals surface area contributed by atoms with Gasteiger partial charge in [0.15, 0.2) is 0 Å². The summed E-state index contributed by atoms with van der Waals surface area (Å²) in [6.07, 6.45) is 1.21. The van der Waals surface area contributed by atoms with Crippen molar-refractivity contribution in [2.45, 2.75) is 32.4 Å². The lowest BCUT2D eigenvalue weighted by molar-refractivity contribution is 0.0669. The molecule has 184 valence electrons. The number of rotatable bonds is 6. The minimum absolute atomic E-state index is 0.0158. The number of carbonyl (C=O) groups is 2. The topological polar surface area (TPSA) is 125 Å². The van der Waals surface area contributed by atoms with Crippen LogP contribution in [-0.2, 0) is 11.3 Å². The van der Waals surface area contributed by atoms with Gasteiger partial charge in [-0.1, -0.05) is 6.07 Å². The number of carbonyl (C=O) groups excluding carboxylic acids is 2. The summed E-state index contributed by atoms with van der Waals surface area (Å²) in [5, 5.41) is 6.76. The molecular weight excluding hydrogens is 463 g/mol. The number of aromatic nitrogens is 2. The van der Waals surface area contributed by atoms with Crippen LogP contribution in [0.25, 0.3) is 11.3 Å². The van der Waals surface area contributed by atoms with Gasteiger partial charge in [0.25, 0.3) is 11.8 Å². The van der Waals surface area contributed by atoms with E-state index in [1.807, 2.05) is 0 Å². The summed E-state index contributed by atoms with van der Waals surface area (Å²) in [5.74, 6) is -4.08. The molecule has 0 atom stereocenters. The number of nitrogens with one attached hydrogen (secondary N) is 1. The van der Waals surface area contributed by atoms with Crippen LogP contribution < -0.4 is 16.8 Å². The van der Waals surface area contributed by atoms with Crippen LogP contribution in [0.1, 0.15) is 50.7 Å². The Labute approximate surface area is 199 Å². The molecule has 5 N–H and O–H groups in total. The maximum Gasteiger partial charge on any atom is 0.254 e. The Kier molecular flexibility index (Phi) is 6.79. The van der Waals surface area contributed by atoms with Crippen molar-refractivity contribution in [2.24, 2.45) is 5.73 Å². The van der Waals surface area contributed by atoms with Crippen molar-refractivity contribution in [1.29, 1.82) is 0 Å². The minimum atomic E-state index is -0.967. The summed E-state index contributed by atoms with van der Waals surface area (Å²) < 4.78 is 50.1. The van der Waals surface area contributed by atoms with E-state index in [0.717, 1.165) is 18.2 Å². The average molecular weight is 487 g/mol. The Morgan fingerprint density at radius 2 is 1.80 bits per heavy atom. The van der Waals surface area contributed by atoms with Crippen molar-refractivity contribution in [2.75, 3.05) is 18.9 Å². The number of ether oxygens (including phenoxy) is 1. The van der Waals surface area contributed by atoms with Crippen LogP contribution >= 0.6 is 0 Å². The van der Waals surface area contributed by atoms with Gasteiger partial charge in [0.2, 0.25) is 0 Å². The van der Waals surface area contributed by atoms with Crippen LogP contribution in [0, 0.1) is 24.4 Å². The van der Waals surface area contributed by atoms with E-state index in [9.17, 15) is 22.8 Å². The zero-order chi connectivity index (χ0) is 25.3. The molecule has 35 heavy (non-hydrogen) atoms. The summed E-state index contributed by atoms with van der Waals surface area (Å²) in [7, 11) is 0. The van der Waals surface area contributed by atoms with E-state index in [4.69, 9.17) is 16.2 Å². The number of anilines is 1. The quantitative estimate of drug-likeness (QED) is 0.492. The number of hydrogen-bond acceptors (Lipinski definition) is 5. The highest BCUT2D eigenvalue weighted by Gasteiger charge is 2.27. The molecule has 11 heteroatoms. The number of halogens is 3. The molecule has 1 fully saturated rings. The summed E-state index contributed by atoms with van der Waals surface area (Å²) in [4.78, 5) is 24.5. The molecule has 2 aromatic carbocycles. The van der Waals surface area contributed by atoms with Crippen molar-refractivity contribution in [3.05, 3.63) is 70.0 Å². The monoisotopic (exact) mass is 487 g/mol. The smallest absolute Gasteiger partial charge is 0.254 e. The summed E-state index contributed by atoms with van der Waals surface area (Å²) >= 11 is 0. The number of hydrogen-bond donors (Lipinski definition) is 3. The predicted molar refractivity (Wildman–Crippen MR) is 122 cm³/mol. The molecule has 0 spiro atoms. The number of nitrogen functional groups attached to an aromatic ring is 1. The molecule has 8 nitrogen and oxygen atoms in total. The number of amides is 2. The summed E-state index contributed by atoms with van der Waals surface area (Å²) in [5.41, 5.74) is 11.6. The van der Waals surface area contributed by atoms with E-state index in [-0.39, 0.29) is 34.2 Å².